The van der Waals surface area contributed by atoms with Crippen LogP contribution in [0.25, 0.3) is 0 Å². The Morgan fingerprint density at radius 2 is 2.11 bits per heavy atom. The molecule has 1 aliphatic heterocycles. The van der Waals surface area contributed by atoms with Crippen molar-refractivity contribution in [2.75, 3.05) is 13.1 Å². The first-order valence-electron chi connectivity index (χ1n) is 5.80. The number of rotatable bonds is 3. The number of piperidine rings is 1. The third kappa shape index (κ3) is 3.15. The van der Waals surface area contributed by atoms with E-state index in [2.05, 4.69) is 42.8 Å². The summed E-state index contributed by atoms with van der Waals surface area (Å²) in [5, 5.41) is 9.18. The van der Waals surface area contributed by atoms with Crippen LogP contribution in [-0.2, 0) is 11.3 Å². The van der Waals surface area contributed by atoms with Gasteiger partial charge >= 0.3 is 5.97 Å². The maximum atomic E-state index is 11.2. The van der Waals surface area contributed by atoms with Gasteiger partial charge in [0.05, 0.1) is 9.20 Å². The second kappa shape index (κ2) is 5.61. The molecule has 18 heavy (non-hydrogen) atoms. The van der Waals surface area contributed by atoms with E-state index in [0.29, 0.717) is 0 Å². The monoisotopic (exact) mass is 395 g/mol. The van der Waals surface area contributed by atoms with Crippen molar-refractivity contribution < 1.29 is 9.90 Å². The lowest BCUT2D eigenvalue weighted by atomic mass is 9.80. The highest BCUT2D eigenvalue weighted by Gasteiger charge is 2.36. The molecule has 2 rings (SSSR count). The first-order valence-corrected chi connectivity index (χ1v) is 8.20. The standard InChI is InChI=1S/C12H15Br2NO2S/c1-12(11(16)17)2-4-15(5-3-12)7-8-6-9(13)10(14)18-8/h6H,2-5,7H2,1H3,(H,16,17). The maximum absolute atomic E-state index is 11.2. The van der Waals surface area contributed by atoms with E-state index >= 15 is 0 Å². The number of hydrogen-bond acceptors (Lipinski definition) is 3. The number of carbonyl (C=O) groups is 1. The largest absolute Gasteiger partial charge is 0.481 e. The molecule has 6 heteroatoms. The van der Waals surface area contributed by atoms with Crippen LogP contribution in [0.3, 0.4) is 0 Å². The predicted octanol–water partition coefficient (Wildman–Crippen LogP) is 3.96. The Labute approximate surface area is 127 Å². The molecule has 0 unspecified atom stereocenters. The quantitative estimate of drug-likeness (QED) is 0.840. The Balaban J connectivity index is 1.93. The van der Waals surface area contributed by atoms with Gasteiger partial charge in [0.1, 0.15) is 0 Å². The molecule has 3 nitrogen and oxygen atoms in total. The second-order valence-corrected chi connectivity index (χ2v) is 8.29. The van der Waals surface area contributed by atoms with E-state index in [-0.39, 0.29) is 0 Å². The van der Waals surface area contributed by atoms with Crippen molar-refractivity contribution in [3.63, 3.8) is 0 Å². The number of carboxylic acids is 1. The van der Waals surface area contributed by atoms with Gasteiger partial charge in [-0.1, -0.05) is 0 Å². The lowest BCUT2D eigenvalue weighted by Gasteiger charge is -2.36. The Morgan fingerprint density at radius 3 is 2.56 bits per heavy atom. The van der Waals surface area contributed by atoms with Crippen molar-refractivity contribution in [3.05, 3.63) is 19.2 Å². The van der Waals surface area contributed by atoms with Crippen LogP contribution >= 0.6 is 43.2 Å². The minimum absolute atomic E-state index is 0.535. The lowest BCUT2D eigenvalue weighted by Crippen LogP contribution is -2.42. The minimum atomic E-state index is -0.663. The summed E-state index contributed by atoms with van der Waals surface area (Å²) in [7, 11) is 0. The van der Waals surface area contributed by atoms with E-state index in [9.17, 15) is 9.90 Å². The molecule has 0 spiro atoms. The van der Waals surface area contributed by atoms with Gasteiger partial charge in [0.2, 0.25) is 0 Å². The van der Waals surface area contributed by atoms with Crippen LogP contribution in [0, 0.1) is 5.41 Å². The van der Waals surface area contributed by atoms with Gasteiger partial charge in [-0.2, -0.15) is 0 Å². The van der Waals surface area contributed by atoms with Gasteiger partial charge in [-0.05, 0) is 70.8 Å². The SMILES string of the molecule is CC1(C(=O)O)CCN(Cc2cc(Br)c(Br)s2)CC1. The molecule has 1 aromatic heterocycles. The Kier molecular flexibility index (Phi) is 4.52. The highest BCUT2D eigenvalue weighted by Crippen LogP contribution is 2.35. The lowest BCUT2D eigenvalue weighted by molar-refractivity contribution is -0.150. The molecule has 100 valence electrons. The van der Waals surface area contributed by atoms with E-state index in [0.717, 1.165) is 40.7 Å². The molecule has 0 aromatic carbocycles. The zero-order valence-corrected chi connectivity index (χ0v) is 14.1. The van der Waals surface area contributed by atoms with E-state index in [1.165, 1.54) is 4.88 Å². The fourth-order valence-electron chi connectivity index (χ4n) is 2.11. The molecule has 0 aliphatic carbocycles. The van der Waals surface area contributed by atoms with E-state index < -0.39 is 11.4 Å². The van der Waals surface area contributed by atoms with E-state index in [4.69, 9.17) is 0 Å². The summed E-state index contributed by atoms with van der Waals surface area (Å²) >= 11 is 8.70. The third-order valence-corrected chi connectivity index (χ3v) is 6.79. The predicted molar refractivity (Wildman–Crippen MR) is 80.0 cm³/mol. The van der Waals surface area contributed by atoms with Crippen molar-refractivity contribution in [2.45, 2.75) is 26.3 Å². The number of hydrogen-bond donors (Lipinski definition) is 1. The molecule has 1 fully saturated rings. The summed E-state index contributed by atoms with van der Waals surface area (Å²) in [5.74, 6) is -0.663. The van der Waals surface area contributed by atoms with Crippen molar-refractivity contribution in [3.8, 4) is 0 Å². The molecule has 0 amide bonds. The van der Waals surface area contributed by atoms with Gasteiger partial charge in [-0.3, -0.25) is 9.69 Å². The summed E-state index contributed by atoms with van der Waals surface area (Å²) in [6, 6.07) is 2.12. The zero-order chi connectivity index (χ0) is 13.3. The topological polar surface area (TPSA) is 40.5 Å². The average Bonchev–Trinajstić information content (AvgIpc) is 2.61. The number of nitrogens with zero attached hydrogens (tertiary/aromatic N) is 1. The van der Waals surface area contributed by atoms with Crippen LogP contribution < -0.4 is 0 Å². The number of carboxylic acid groups (broad SMARTS) is 1. The second-order valence-electron chi connectivity index (χ2n) is 4.98. The molecule has 0 bridgehead atoms. The normalized spacial score (nSPS) is 19.9. The Hall–Kier alpha value is 0.0900. The summed E-state index contributed by atoms with van der Waals surface area (Å²) < 4.78 is 2.21. The molecular weight excluding hydrogens is 382 g/mol. The molecular formula is C12H15Br2NO2S. The fourth-order valence-corrected chi connectivity index (χ4v) is 4.33. The van der Waals surface area contributed by atoms with Crippen molar-refractivity contribution in [1.82, 2.24) is 4.90 Å². The molecule has 1 aliphatic rings. The summed E-state index contributed by atoms with van der Waals surface area (Å²) in [4.78, 5) is 14.8. The highest BCUT2D eigenvalue weighted by molar-refractivity contribution is 9.13. The average molecular weight is 397 g/mol. The van der Waals surface area contributed by atoms with Crippen LogP contribution in [0.1, 0.15) is 24.6 Å². The smallest absolute Gasteiger partial charge is 0.309 e. The van der Waals surface area contributed by atoms with Crippen molar-refractivity contribution >= 4 is 49.2 Å². The van der Waals surface area contributed by atoms with Gasteiger partial charge < -0.3 is 5.11 Å². The van der Waals surface area contributed by atoms with Gasteiger partial charge in [-0.15, -0.1) is 11.3 Å². The van der Waals surface area contributed by atoms with Crippen LogP contribution in [0.4, 0.5) is 0 Å². The molecule has 1 N–H and O–H groups in total. The van der Waals surface area contributed by atoms with Crippen molar-refractivity contribution in [1.29, 1.82) is 0 Å². The molecule has 1 saturated heterocycles. The van der Waals surface area contributed by atoms with Crippen LogP contribution in [0.15, 0.2) is 14.3 Å². The fraction of sp³-hybridized carbons (Fsp3) is 0.583. The Bertz CT molecular complexity index is 433. The molecule has 0 radical (unpaired) electrons. The van der Waals surface area contributed by atoms with Crippen LogP contribution in [-0.4, -0.2) is 29.1 Å². The number of halogens is 2. The van der Waals surface area contributed by atoms with Gasteiger partial charge in [0.15, 0.2) is 0 Å². The Morgan fingerprint density at radius 1 is 1.50 bits per heavy atom. The van der Waals surface area contributed by atoms with E-state index in [1.54, 1.807) is 11.3 Å². The zero-order valence-electron chi connectivity index (χ0n) is 10.1. The minimum Gasteiger partial charge on any atom is -0.481 e. The molecule has 0 atom stereocenters. The van der Waals surface area contributed by atoms with Gasteiger partial charge in [0, 0.05) is 15.9 Å². The van der Waals surface area contributed by atoms with E-state index in [1.807, 2.05) is 6.92 Å². The number of likely N-dealkylation sites (tertiary alicyclic amines) is 1. The summed E-state index contributed by atoms with van der Waals surface area (Å²) in [6.07, 6.45) is 1.46. The van der Waals surface area contributed by atoms with Gasteiger partial charge in [0.25, 0.3) is 0 Å². The first-order chi connectivity index (χ1) is 8.40. The molecule has 1 aromatic rings. The third-order valence-electron chi connectivity index (χ3n) is 3.55. The van der Waals surface area contributed by atoms with Crippen LogP contribution in [0.2, 0.25) is 0 Å². The summed E-state index contributed by atoms with van der Waals surface area (Å²) in [5.41, 5.74) is -0.535. The number of aliphatic carboxylic acids is 1. The number of thiophene rings is 1. The first kappa shape index (κ1) is 14.5. The molecule has 2 heterocycles. The van der Waals surface area contributed by atoms with Gasteiger partial charge in [-0.25, -0.2) is 0 Å². The van der Waals surface area contributed by atoms with Crippen molar-refractivity contribution in [2.24, 2.45) is 5.41 Å². The highest BCUT2D eigenvalue weighted by atomic mass is 79.9. The summed E-state index contributed by atoms with van der Waals surface area (Å²) in [6.45, 7) is 4.47. The maximum Gasteiger partial charge on any atom is 0.309 e. The molecule has 0 saturated carbocycles. The van der Waals surface area contributed by atoms with Crippen LogP contribution in [0.5, 0.6) is 0 Å².